The normalized spacial score (nSPS) is 28.9. The Bertz CT molecular complexity index is 394. The summed E-state index contributed by atoms with van der Waals surface area (Å²) in [5, 5.41) is 3.56. The van der Waals surface area contributed by atoms with Crippen LogP contribution in [0.4, 0.5) is 0 Å². The zero-order chi connectivity index (χ0) is 12.4. The molecule has 1 aliphatic carbocycles. The molecule has 1 heteroatoms. The van der Waals surface area contributed by atoms with Crippen LogP contribution in [0.5, 0.6) is 0 Å². The predicted molar refractivity (Wildman–Crippen MR) is 76.9 cm³/mol. The maximum absolute atomic E-state index is 3.56. The SMILES string of the molecule is CC1CCNCC1Cc1ccccc1C1CCC1. The predicted octanol–water partition coefficient (Wildman–Crippen LogP) is 3.74. The summed E-state index contributed by atoms with van der Waals surface area (Å²) in [6.45, 7) is 4.85. The van der Waals surface area contributed by atoms with Gasteiger partial charge in [0.25, 0.3) is 0 Å². The highest BCUT2D eigenvalue weighted by Gasteiger charge is 2.25. The van der Waals surface area contributed by atoms with Crippen molar-refractivity contribution < 1.29 is 0 Å². The van der Waals surface area contributed by atoms with E-state index in [-0.39, 0.29) is 0 Å². The Hall–Kier alpha value is -0.820. The minimum Gasteiger partial charge on any atom is -0.316 e. The summed E-state index contributed by atoms with van der Waals surface area (Å²) in [6, 6.07) is 9.19. The first-order valence-electron chi connectivity index (χ1n) is 7.63. The lowest BCUT2D eigenvalue weighted by Gasteiger charge is -2.32. The van der Waals surface area contributed by atoms with Gasteiger partial charge in [0.1, 0.15) is 0 Å². The molecule has 98 valence electrons. The maximum Gasteiger partial charge on any atom is -0.00148 e. The zero-order valence-electron chi connectivity index (χ0n) is 11.5. The van der Waals surface area contributed by atoms with Crippen LogP contribution >= 0.6 is 0 Å². The van der Waals surface area contributed by atoms with E-state index in [4.69, 9.17) is 0 Å². The van der Waals surface area contributed by atoms with Gasteiger partial charge in [-0.3, -0.25) is 0 Å². The fourth-order valence-electron chi connectivity index (χ4n) is 3.45. The van der Waals surface area contributed by atoms with Gasteiger partial charge < -0.3 is 5.32 Å². The van der Waals surface area contributed by atoms with Gasteiger partial charge in [0.2, 0.25) is 0 Å². The molecule has 1 N–H and O–H groups in total. The Balaban J connectivity index is 1.74. The third-order valence-electron chi connectivity index (χ3n) is 5.07. The van der Waals surface area contributed by atoms with E-state index >= 15 is 0 Å². The van der Waals surface area contributed by atoms with Crippen molar-refractivity contribution in [3.8, 4) is 0 Å². The molecule has 0 radical (unpaired) electrons. The molecule has 1 aromatic rings. The van der Waals surface area contributed by atoms with E-state index in [9.17, 15) is 0 Å². The lowest BCUT2D eigenvalue weighted by molar-refractivity contribution is 0.271. The minimum absolute atomic E-state index is 0.833. The van der Waals surface area contributed by atoms with Crippen LogP contribution in [0.1, 0.15) is 49.7 Å². The molecule has 2 atom stereocenters. The third kappa shape index (κ3) is 2.47. The van der Waals surface area contributed by atoms with E-state index in [1.807, 2.05) is 0 Å². The first-order chi connectivity index (χ1) is 8.84. The van der Waals surface area contributed by atoms with Crippen molar-refractivity contribution in [2.45, 2.75) is 44.9 Å². The summed E-state index contributed by atoms with van der Waals surface area (Å²) in [6.07, 6.45) is 6.88. The quantitative estimate of drug-likeness (QED) is 0.852. The number of piperidine rings is 1. The second kappa shape index (κ2) is 5.44. The first kappa shape index (κ1) is 12.2. The van der Waals surface area contributed by atoms with Crippen LogP contribution < -0.4 is 5.32 Å². The molecule has 0 bridgehead atoms. The molecule has 0 spiro atoms. The van der Waals surface area contributed by atoms with E-state index < -0.39 is 0 Å². The second-order valence-corrected chi connectivity index (χ2v) is 6.26. The molecule has 2 aliphatic rings. The summed E-state index contributed by atoms with van der Waals surface area (Å²) < 4.78 is 0. The highest BCUT2D eigenvalue weighted by molar-refractivity contribution is 5.32. The van der Waals surface area contributed by atoms with E-state index in [0.717, 1.165) is 17.8 Å². The van der Waals surface area contributed by atoms with Gasteiger partial charge in [-0.15, -0.1) is 0 Å². The Kier molecular flexibility index (Phi) is 3.69. The topological polar surface area (TPSA) is 12.0 Å². The Morgan fingerprint density at radius 1 is 1.17 bits per heavy atom. The van der Waals surface area contributed by atoms with Crippen molar-refractivity contribution in [3.05, 3.63) is 35.4 Å². The summed E-state index contributed by atoms with van der Waals surface area (Å²) in [7, 11) is 0. The van der Waals surface area contributed by atoms with Crippen molar-refractivity contribution in [2.75, 3.05) is 13.1 Å². The fourth-order valence-corrected chi connectivity index (χ4v) is 3.45. The number of hydrogen-bond acceptors (Lipinski definition) is 1. The number of hydrogen-bond donors (Lipinski definition) is 1. The average molecular weight is 243 g/mol. The Morgan fingerprint density at radius 2 is 2.00 bits per heavy atom. The minimum atomic E-state index is 0.833. The van der Waals surface area contributed by atoms with Crippen molar-refractivity contribution in [1.82, 2.24) is 5.32 Å². The maximum atomic E-state index is 3.56. The monoisotopic (exact) mass is 243 g/mol. The summed E-state index contributed by atoms with van der Waals surface area (Å²) in [4.78, 5) is 0. The highest BCUT2D eigenvalue weighted by atomic mass is 14.9. The molecular weight excluding hydrogens is 218 g/mol. The molecular formula is C17H25N. The Labute approximate surface area is 111 Å². The molecule has 2 fully saturated rings. The largest absolute Gasteiger partial charge is 0.316 e. The molecule has 0 amide bonds. The van der Waals surface area contributed by atoms with Crippen molar-refractivity contribution in [1.29, 1.82) is 0 Å². The number of rotatable bonds is 3. The lowest BCUT2D eigenvalue weighted by atomic mass is 9.75. The smallest absolute Gasteiger partial charge is 0.00148 e. The zero-order valence-corrected chi connectivity index (χ0v) is 11.5. The van der Waals surface area contributed by atoms with E-state index in [0.29, 0.717) is 0 Å². The van der Waals surface area contributed by atoms with Gasteiger partial charge in [-0.2, -0.15) is 0 Å². The third-order valence-corrected chi connectivity index (χ3v) is 5.07. The number of benzene rings is 1. The van der Waals surface area contributed by atoms with E-state index in [1.165, 1.54) is 45.2 Å². The van der Waals surface area contributed by atoms with Crippen LogP contribution in [-0.4, -0.2) is 13.1 Å². The van der Waals surface area contributed by atoms with Crippen LogP contribution in [0, 0.1) is 11.8 Å². The summed E-state index contributed by atoms with van der Waals surface area (Å²) in [5.41, 5.74) is 3.28. The van der Waals surface area contributed by atoms with Crippen molar-refractivity contribution >= 4 is 0 Å². The van der Waals surface area contributed by atoms with E-state index in [1.54, 1.807) is 11.1 Å². The van der Waals surface area contributed by atoms with Gasteiger partial charge in [-0.1, -0.05) is 37.6 Å². The van der Waals surface area contributed by atoms with Gasteiger partial charge in [0.05, 0.1) is 0 Å². The van der Waals surface area contributed by atoms with Gasteiger partial charge in [0.15, 0.2) is 0 Å². The highest BCUT2D eigenvalue weighted by Crippen LogP contribution is 2.39. The van der Waals surface area contributed by atoms with Crippen molar-refractivity contribution in [3.63, 3.8) is 0 Å². The molecule has 2 unspecified atom stereocenters. The van der Waals surface area contributed by atoms with Gasteiger partial charge in [-0.25, -0.2) is 0 Å². The molecule has 1 saturated carbocycles. The molecule has 0 aromatic heterocycles. The lowest BCUT2D eigenvalue weighted by Crippen LogP contribution is -2.36. The van der Waals surface area contributed by atoms with Crippen LogP contribution in [0.15, 0.2) is 24.3 Å². The standard InChI is InChI=1S/C17H25N/c1-13-9-10-18-12-16(13)11-15-5-2-3-8-17(15)14-6-4-7-14/h2-3,5,8,13-14,16,18H,4,6-7,9-12H2,1H3. The van der Waals surface area contributed by atoms with Gasteiger partial charge in [-0.05, 0) is 67.7 Å². The second-order valence-electron chi connectivity index (χ2n) is 6.26. The molecule has 1 saturated heterocycles. The van der Waals surface area contributed by atoms with Crippen LogP contribution in [0.3, 0.4) is 0 Å². The summed E-state index contributed by atoms with van der Waals surface area (Å²) in [5.74, 6) is 2.58. The van der Waals surface area contributed by atoms with Crippen LogP contribution in [0.2, 0.25) is 0 Å². The van der Waals surface area contributed by atoms with Crippen molar-refractivity contribution in [2.24, 2.45) is 11.8 Å². The fraction of sp³-hybridized carbons (Fsp3) is 0.647. The van der Waals surface area contributed by atoms with Gasteiger partial charge in [0, 0.05) is 0 Å². The molecule has 1 nitrogen and oxygen atoms in total. The first-order valence-corrected chi connectivity index (χ1v) is 7.63. The Morgan fingerprint density at radius 3 is 2.72 bits per heavy atom. The van der Waals surface area contributed by atoms with E-state index in [2.05, 4.69) is 36.5 Å². The van der Waals surface area contributed by atoms with Crippen LogP contribution in [-0.2, 0) is 6.42 Å². The number of nitrogens with one attached hydrogen (secondary N) is 1. The van der Waals surface area contributed by atoms with Gasteiger partial charge >= 0.3 is 0 Å². The molecule has 18 heavy (non-hydrogen) atoms. The average Bonchev–Trinajstić information content (AvgIpc) is 2.32. The van der Waals surface area contributed by atoms with Crippen LogP contribution in [0.25, 0.3) is 0 Å². The molecule has 1 aromatic carbocycles. The summed E-state index contributed by atoms with van der Waals surface area (Å²) >= 11 is 0. The molecule has 3 rings (SSSR count). The molecule has 1 aliphatic heterocycles. The molecule has 1 heterocycles.